The Morgan fingerprint density at radius 3 is 1.98 bits per heavy atom. The highest BCUT2D eigenvalue weighted by atomic mass is 16.3. The first-order chi connectivity index (χ1) is 20.0. The lowest BCUT2D eigenvalue weighted by Crippen LogP contribution is -2.54. The van der Waals surface area contributed by atoms with E-state index < -0.39 is 24.0 Å². The standard InChI is InChI=1S/C32H47N5O5/c1-6-14-36(15-7-2)32(42)26-19-24(29(33)39)18-25(20-26)31(41)34-27(17-23-12-10-9-11-13-23)28(38)21-37(16-8-3)35-30(40)22(4)5/h9-13,18-20,22,27-28,38H,6-8,14-17,21H2,1-5H3,(H2,33,39)(H,34,41)(H,35,40). The van der Waals surface area contributed by atoms with Gasteiger partial charge in [0.1, 0.15) is 0 Å². The molecule has 5 N–H and O–H groups in total. The number of rotatable bonds is 17. The summed E-state index contributed by atoms with van der Waals surface area (Å²) >= 11 is 0. The molecule has 2 unspecified atom stereocenters. The Balaban J connectivity index is 2.40. The van der Waals surface area contributed by atoms with Crippen LogP contribution in [0, 0.1) is 5.92 Å². The lowest BCUT2D eigenvalue weighted by atomic mass is 9.99. The minimum Gasteiger partial charge on any atom is -0.390 e. The van der Waals surface area contributed by atoms with Gasteiger partial charge in [-0.2, -0.15) is 0 Å². The number of carbonyl (C=O) groups is 4. The van der Waals surface area contributed by atoms with E-state index in [9.17, 15) is 24.3 Å². The van der Waals surface area contributed by atoms with Crippen LogP contribution in [0.4, 0.5) is 0 Å². The number of aliphatic hydroxyl groups excluding tert-OH is 1. The van der Waals surface area contributed by atoms with Crippen molar-refractivity contribution in [2.45, 2.75) is 72.4 Å². The van der Waals surface area contributed by atoms with E-state index in [-0.39, 0.29) is 41.0 Å². The Morgan fingerprint density at radius 1 is 0.857 bits per heavy atom. The van der Waals surface area contributed by atoms with Gasteiger partial charge in [0.05, 0.1) is 12.1 Å². The number of hydrogen-bond acceptors (Lipinski definition) is 6. The van der Waals surface area contributed by atoms with Crippen molar-refractivity contribution in [3.05, 3.63) is 70.8 Å². The van der Waals surface area contributed by atoms with Gasteiger partial charge < -0.3 is 21.1 Å². The maximum atomic E-state index is 13.6. The molecule has 0 radical (unpaired) electrons. The predicted molar refractivity (Wildman–Crippen MR) is 164 cm³/mol. The summed E-state index contributed by atoms with van der Waals surface area (Å²) in [5.41, 5.74) is 9.65. The zero-order valence-corrected chi connectivity index (χ0v) is 25.6. The Morgan fingerprint density at radius 2 is 1.43 bits per heavy atom. The number of carbonyl (C=O) groups excluding carboxylic acids is 4. The highest BCUT2D eigenvalue weighted by Gasteiger charge is 2.27. The summed E-state index contributed by atoms with van der Waals surface area (Å²) in [7, 11) is 0. The molecule has 2 aromatic rings. The molecule has 230 valence electrons. The zero-order chi connectivity index (χ0) is 31.2. The number of hydrazine groups is 1. The third-order valence-corrected chi connectivity index (χ3v) is 6.77. The first-order valence-corrected chi connectivity index (χ1v) is 14.8. The summed E-state index contributed by atoms with van der Waals surface area (Å²) < 4.78 is 0. The lowest BCUT2D eigenvalue weighted by Gasteiger charge is -2.31. The Bertz CT molecular complexity index is 1180. The van der Waals surface area contributed by atoms with Crippen LogP contribution < -0.4 is 16.5 Å². The molecule has 0 saturated carbocycles. The van der Waals surface area contributed by atoms with Crippen LogP contribution in [0.5, 0.6) is 0 Å². The molecule has 0 fully saturated rings. The van der Waals surface area contributed by atoms with Crippen LogP contribution >= 0.6 is 0 Å². The molecule has 0 saturated heterocycles. The molecule has 10 heteroatoms. The predicted octanol–water partition coefficient (Wildman–Crippen LogP) is 3.15. The van der Waals surface area contributed by atoms with Crippen molar-refractivity contribution < 1.29 is 24.3 Å². The summed E-state index contributed by atoms with van der Waals surface area (Å²) in [5.74, 6) is -2.00. The summed E-state index contributed by atoms with van der Waals surface area (Å²) in [6.45, 7) is 11.2. The third-order valence-electron chi connectivity index (χ3n) is 6.77. The van der Waals surface area contributed by atoms with Crippen molar-refractivity contribution in [1.82, 2.24) is 20.7 Å². The molecule has 0 bridgehead atoms. The second kappa shape index (κ2) is 17.3. The van der Waals surface area contributed by atoms with Crippen molar-refractivity contribution in [3.63, 3.8) is 0 Å². The molecule has 0 aliphatic heterocycles. The van der Waals surface area contributed by atoms with E-state index in [1.165, 1.54) is 18.2 Å². The van der Waals surface area contributed by atoms with E-state index in [4.69, 9.17) is 5.73 Å². The van der Waals surface area contributed by atoms with Gasteiger partial charge >= 0.3 is 0 Å². The Kier molecular flexibility index (Phi) is 14.1. The number of aliphatic hydroxyl groups is 1. The fourth-order valence-electron chi connectivity index (χ4n) is 4.57. The van der Waals surface area contributed by atoms with Crippen LogP contribution in [0.3, 0.4) is 0 Å². The highest BCUT2D eigenvalue weighted by Crippen LogP contribution is 2.16. The first-order valence-electron chi connectivity index (χ1n) is 14.8. The van der Waals surface area contributed by atoms with E-state index in [0.717, 1.165) is 24.8 Å². The molecule has 0 aromatic heterocycles. The quantitative estimate of drug-likeness (QED) is 0.211. The zero-order valence-electron chi connectivity index (χ0n) is 25.6. The molecule has 2 rings (SSSR count). The van der Waals surface area contributed by atoms with Crippen molar-refractivity contribution >= 4 is 23.6 Å². The lowest BCUT2D eigenvalue weighted by molar-refractivity contribution is -0.129. The van der Waals surface area contributed by atoms with E-state index in [0.29, 0.717) is 26.1 Å². The van der Waals surface area contributed by atoms with Gasteiger partial charge in [-0.15, -0.1) is 0 Å². The molecule has 2 aromatic carbocycles. The second-order valence-electron chi connectivity index (χ2n) is 10.9. The van der Waals surface area contributed by atoms with Crippen LogP contribution in [-0.4, -0.2) is 77.0 Å². The number of primary amides is 1. The fraction of sp³-hybridized carbons (Fsp3) is 0.500. The van der Waals surface area contributed by atoms with Gasteiger partial charge in [0.2, 0.25) is 11.8 Å². The molecule has 42 heavy (non-hydrogen) atoms. The molecule has 0 aliphatic rings. The van der Waals surface area contributed by atoms with Crippen LogP contribution in [0.1, 0.15) is 90.5 Å². The molecule has 0 spiro atoms. The molecule has 2 atom stereocenters. The summed E-state index contributed by atoms with van der Waals surface area (Å²) in [5, 5.41) is 15.9. The van der Waals surface area contributed by atoms with Gasteiger partial charge in [-0.05, 0) is 49.4 Å². The van der Waals surface area contributed by atoms with Crippen molar-refractivity contribution in [3.8, 4) is 0 Å². The summed E-state index contributed by atoms with van der Waals surface area (Å²) in [6.07, 6.45) is 1.53. The monoisotopic (exact) mass is 581 g/mol. The van der Waals surface area contributed by atoms with Crippen molar-refractivity contribution in [1.29, 1.82) is 0 Å². The summed E-state index contributed by atoms with van der Waals surface area (Å²) in [4.78, 5) is 53.1. The fourth-order valence-corrected chi connectivity index (χ4v) is 4.57. The second-order valence-corrected chi connectivity index (χ2v) is 10.9. The van der Waals surface area contributed by atoms with Crippen molar-refractivity contribution in [2.24, 2.45) is 11.7 Å². The van der Waals surface area contributed by atoms with Gasteiger partial charge in [-0.25, -0.2) is 5.01 Å². The molecule has 4 amide bonds. The van der Waals surface area contributed by atoms with Crippen LogP contribution in [0.2, 0.25) is 0 Å². The van der Waals surface area contributed by atoms with Gasteiger partial charge in [0.25, 0.3) is 11.8 Å². The minimum absolute atomic E-state index is 0.0459. The smallest absolute Gasteiger partial charge is 0.253 e. The maximum Gasteiger partial charge on any atom is 0.253 e. The number of benzene rings is 2. The van der Waals surface area contributed by atoms with E-state index in [1.807, 2.05) is 51.1 Å². The third kappa shape index (κ3) is 10.6. The maximum absolute atomic E-state index is 13.6. The van der Waals surface area contributed by atoms with Crippen LogP contribution in [0.15, 0.2) is 48.5 Å². The van der Waals surface area contributed by atoms with E-state index in [1.54, 1.807) is 23.8 Å². The molecule has 10 nitrogen and oxygen atoms in total. The highest BCUT2D eigenvalue weighted by molar-refractivity contribution is 6.04. The largest absolute Gasteiger partial charge is 0.390 e. The van der Waals surface area contributed by atoms with E-state index >= 15 is 0 Å². The van der Waals surface area contributed by atoms with Crippen LogP contribution in [-0.2, 0) is 11.2 Å². The number of nitrogens with zero attached hydrogens (tertiary/aromatic N) is 2. The Hall–Kier alpha value is -3.76. The molecule has 0 heterocycles. The minimum atomic E-state index is -1.06. The Labute approximate surface area is 249 Å². The normalized spacial score (nSPS) is 12.6. The van der Waals surface area contributed by atoms with E-state index in [2.05, 4.69) is 10.7 Å². The van der Waals surface area contributed by atoms with Crippen LogP contribution in [0.25, 0.3) is 0 Å². The van der Waals surface area contributed by atoms with Gasteiger partial charge in [0, 0.05) is 48.8 Å². The number of nitrogens with one attached hydrogen (secondary N) is 2. The van der Waals surface area contributed by atoms with Gasteiger partial charge in [-0.1, -0.05) is 65.0 Å². The topological polar surface area (TPSA) is 145 Å². The summed E-state index contributed by atoms with van der Waals surface area (Å²) in [6, 6.07) is 12.9. The average Bonchev–Trinajstić information content (AvgIpc) is 2.96. The number of nitrogens with two attached hydrogens (primary N) is 1. The average molecular weight is 582 g/mol. The SMILES string of the molecule is CCCN(CC(O)C(Cc1ccccc1)NC(=O)c1cc(C(N)=O)cc(C(=O)N(CCC)CCC)c1)NC(=O)C(C)C. The van der Waals surface area contributed by atoms with Gasteiger partial charge in [0.15, 0.2) is 0 Å². The molecule has 0 aliphatic carbocycles. The molecular formula is C32H47N5O5. The van der Waals surface area contributed by atoms with Crippen molar-refractivity contribution in [2.75, 3.05) is 26.2 Å². The number of amides is 4. The van der Waals surface area contributed by atoms with Gasteiger partial charge in [-0.3, -0.25) is 24.6 Å². The number of hydrogen-bond donors (Lipinski definition) is 4. The first kappa shape index (κ1) is 34.4. The molecular weight excluding hydrogens is 534 g/mol.